The van der Waals surface area contributed by atoms with E-state index >= 15 is 0 Å². The highest BCUT2D eigenvalue weighted by atomic mass is 35.5. The molecule has 1 fully saturated rings. The Bertz CT molecular complexity index is 1180. The van der Waals surface area contributed by atoms with Crippen LogP contribution in [-0.4, -0.2) is 43.5 Å². The SMILES string of the molecule is CCCn1c(=O)sc2cc(S(=O)(=O)N3CCN(c4ccc(Cl)cc4)CC3)ccc21. The Morgan fingerprint density at radius 2 is 1.72 bits per heavy atom. The second-order valence-electron chi connectivity index (χ2n) is 7.02. The molecule has 6 nitrogen and oxygen atoms in total. The van der Waals surface area contributed by atoms with E-state index in [1.54, 1.807) is 22.8 Å². The van der Waals surface area contributed by atoms with E-state index in [0.29, 0.717) is 42.4 Å². The van der Waals surface area contributed by atoms with Crippen LogP contribution < -0.4 is 9.77 Å². The van der Waals surface area contributed by atoms with Gasteiger partial charge in [0.1, 0.15) is 0 Å². The minimum Gasteiger partial charge on any atom is -0.369 e. The van der Waals surface area contributed by atoms with Crippen molar-refractivity contribution in [2.45, 2.75) is 24.8 Å². The van der Waals surface area contributed by atoms with Gasteiger partial charge in [-0.05, 0) is 48.9 Å². The average Bonchev–Trinajstić information content (AvgIpc) is 3.03. The zero-order chi connectivity index (χ0) is 20.6. The molecule has 1 aliphatic rings. The summed E-state index contributed by atoms with van der Waals surface area (Å²) < 4.78 is 30.2. The van der Waals surface area contributed by atoms with Crippen LogP contribution in [0.1, 0.15) is 13.3 Å². The highest BCUT2D eigenvalue weighted by Crippen LogP contribution is 2.26. The average molecular weight is 452 g/mol. The third-order valence-electron chi connectivity index (χ3n) is 5.16. The highest BCUT2D eigenvalue weighted by Gasteiger charge is 2.29. The number of thiazole rings is 1. The maximum absolute atomic E-state index is 13.1. The topological polar surface area (TPSA) is 62.6 Å². The van der Waals surface area contributed by atoms with Gasteiger partial charge in [-0.15, -0.1) is 0 Å². The smallest absolute Gasteiger partial charge is 0.308 e. The number of halogens is 1. The first-order valence-electron chi connectivity index (χ1n) is 9.54. The molecule has 0 saturated carbocycles. The van der Waals surface area contributed by atoms with Gasteiger partial charge in [0.25, 0.3) is 0 Å². The number of rotatable bonds is 5. The van der Waals surface area contributed by atoms with Gasteiger partial charge in [-0.3, -0.25) is 9.36 Å². The zero-order valence-electron chi connectivity index (χ0n) is 16.0. The molecule has 2 aromatic carbocycles. The molecule has 4 rings (SSSR count). The fourth-order valence-electron chi connectivity index (χ4n) is 3.63. The van der Waals surface area contributed by atoms with E-state index in [-0.39, 0.29) is 9.77 Å². The first kappa shape index (κ1) is 20.4. The molecule has 1 aromatic heterocycles. The molecule has 1 aliphatic heterocycles. The van der Waals surface area contributed by atoms with E-state index in [9.17, 15) is 13.2 Å². The van der Waals surface area contributed by atoms with Gasteiger partial charge in [0.15, 0.2) is 0 Å². The second kappa shape index (κ2) is 8.10. The molecule has 0 spiro atoms. The van der Waals surface area contributed by atoms with Crippen molar-refractivity contribution in [1.29, 1.82) is 0 Å². The standard InChI is InChI=1S/C20H22ClN3O3S2/c1-2-9-24-18-8-7-17(14-19(18)28-20(24)25)29(26,27)23-12-10-22(11-13-23)16-5-3-15(21)4-6-16/h3-8,14H,2,9-13H2,1H3. The number of hydrogen-bond donors (Lipinski definition) is 0. The third kappa shape index (κ3) is 3.94. The number of hydrogen-bond acceptors (Lipinski definition) is 5. The molecular formula is C20H22ClN3O3S2. The Labute approximate surface area is 179 Å². The minimum absolute atomic E-state index is 0.0482. The largest absolute Gasteiger partial charge is 0.369 e. The van der Waals surface area contributed by atoms with Crippen molar-refractivity contribution in [3.8, 4) is 0 Å². The molecule has 0 unspecified atom stereocenters. The molecule has 0 amide bonds. The van der Waals surface area contributed by atoms with Gasteiger partial charge in [-0.1, -0.05) is 29.9 Å². The fraction of sp³-hybridized carbons (Fsp3) is 0.350. The lowest BCUT2D eigenvalue weighted by molar-refractivity contribution is 0.385. The highest BCUT2D eigenvalue weighted by molar-refractivity contribution is 7.89. The minimum atomic E-state index is -3.60. The van der Waals surface area contributed by atoms with E-state index in [2.05, 4.69) is 4.90 Å². The van der Waals surface area contributed by atoms with E-state index < -0.39 is 10.0 Å². The maximum Gasteiger partial charge on any atom is 0.308 e. The number of sulfonamides is 1. The summed E-state index contributed by atoms with van der Waals surface area (Å²) in [5, 5.41) is 0.681. The Morgan fingerprint density at radius 3 is 2.38 bits per heavy atom. The van der Waals surface area contributed by atoms with Crippen molar-refractivity contribution >= 4 is 48.9 Å². The van der Waals surface area contributed by atoms with E-state index in [1.807, 2.05) is 31.2 Å². The summed E-state index contributed by atoms with van der Waals surface area (Å²) in [6.07, 6.45) is 0.851. The summed E-state index contributed by atoms with van der Waals surface area (Å²) in [5.41, 5.74) is 1.84. The first-order valence-corrected chi connectivity index (χ1v) is 12.2. The summed E-state index contributed by atoms with van der Waals surface area (Å²) in [7, 11) is -3.60. The quantitative estimate of drug-likeness (QED) is 0.594. The predicted octanol–water partition coefficient (Wildman–Crippen LogP) is 3.64. The zero-order valence-corrected chi connectivity index (χ0v) is 18.4. The van der Waals surface area contributed by atoms with Crippen molar-refractivity contribution < 1.29 is 8.42 Å². The van der Waals surface area contributed by atoms with E-state index in [0.717, 1.165) is 29.0 Å². The number of aromatic nitrogens is 1. The lowest BCUT2D eigenvalue weighted by Crippen LogP contribution is -2.48. The molecule has 154 valence electrons. The Morgan fingerprint density at radius 1 is 1.03 bits per heavy atom. The normalized spacial score (nSPS) is 15.9. The van der Waals surface area contributed by atoms with Gasteiger partial charge in [0, 0.05) is 43.4 Å². The van der Waals surface area contributed by atoms with Crippen LogP contribution in [0, 0.1) is 0 Å². The van der Waals surface area contributed by atoms with E-state index in [4.69, 9.17) is 11.6 Å². The van der Waals surface area contributed by atoms with Crippen LogP contribution in [0.5, 0.6) is 0 Å². The Kier molecular flexibility index (Phi) is 5.70. The molecule has 0 atom stereocenters. The van der Waals surface area contributed by atoms with Gasteiger partial charge in [0.05, 0.1) is 15.1 Å². The first-order chi connectivity index (χ1) is 13.9. The van der Waals surface area contributed by atoms with E-state index in [1.165, 1.54) is 4.31 Å². The van der Waals surface area contributed by atoms with Crippen LogP contribution in [0.25, 0.3) is 10.2 Å². The molecule has 3 aromatic rings. The molecule has 1 saturated heterocycles. The lowest BCUT2D eigenvalue weighted by atomic mass is 10.2. The van der Waals surface area contributed by atoms with Crippen LogP contribution in [0.4, 0.5) is 5.69 Å². The van der Waals surface area contributed by atoms with Crippen LogP contribution >= 0.6 is 22.9 Å². The summed E-state index contributed by atoms with van der Waals surface area (Å²) in [6.45, 7) is 4.70. The van der Waals surface area contributed by atoms with Crippen molar-refractivity contribution in [3.63, 3.8) is 0 Å². The lowest BCUT2D eigenvalue weighted by Gasteiger charge is -2.35. The van der Waals surface area contributed by atoms with Crippen LogP contribution in [0.2, 0.25) is 5.02 Å². The molecule has 0 bridgehead atoms. The van der Waals surface area contributed by atoms with Crippen molar-refractivity contribution in [2.24, 2.45) is 0 Å². The number of aryl methyl sites for hydroxylation is 1. The summed E-state index contributed by atoms with van der Waals surface area (Å²) in [6, 6.07) is 12.6. The van der Waals surface area contributed by atoms with Crippen LogP contribution in [0.15, 0.2) is 52.2 Å². The number of benzene rings is 2. The van der Waals surface area contributed by atoms with Crippen molar-refractivity contribution in [3.05, 3.63) is 57.2 Å². The Hall–Kier alpha value is -1.87. The van der Waals surface area contributed by atoms with Crippen LogP contribution in [-0.2, 0) is 16.6 Å². The fourth-order valence-corrected chi connectivity index (χ4v) is 6.24. The van der Waals surface area contributed by atoms with Gasteiger partial charge in [-0.2, -0.15) is 4.31 Å². The Balaban J connectivity index is 1.54. The summed E-state index contributed by atoms with van der Waals surface area (Å²) in [4.78, 5) is 14.5. The molecule has 0 N–H and O–H groups in total. The van der Waals surface area contributed by atoms with Crippen molar-refractivity contribution in [1.82, 2.24) is 8.87 Å². The predicted molar refractivity (Wildman–Crippen MR) is 119 cm³/mol. The third-order valence-corrected chi connectivity index (χ3v) is 8.24. The van der Waals surface area contributed by atoms with Crippen LogP contribution in [0.3, 0.4) is 0 Å². The number of piperazine rings is 1. The van der Waals surface area contributed by atoms with Crippen molar-refractivity contribution in [2.75, 3.05) is 31.1 Å². The number of nitrogens with zero attached hydrogens (tertiary/aromatic N) is 3. The number of anilines is 1. The second-order valence-corrected chi connectivity index (χ2v) is 10.4. The van der Waals surface area contributed by atoms with Gasteiger partial charge in [0.2, 0.25) is 10.0 Å². The maximum atomic E-state index is 13.1. The summed E-state index contributed by atoms with van der Waals surface area (Å²) in [5.74, 6) is 0. The molecular weight excluding hydrogens is 430 g/mol. The van der Waals surface area contributed by atoms with Gasteiger partial charge < -0.3 is 4.90 Å². The summed E-state index contributed by atoms with van der Waals surface area (Å²) >= 11 is 7.05. The monoisotopic (exact) mass is 451 g/mol. The molecule has 29 heavy (non-hydrogen) atoms. The number of fused-ring (bicyclic) bond motifs is 1. The molecule has 0 aliphatic carbocycles. The van der Waals surface area contributed by atoms with Gasteiger partial charge in [-0.25, -0.2) is 8.42 Å². The molecule has 2 heterocycles. The van der Waals surface area contributed by atoms with Gasteiger partial charge >= 0.3 is 4.87 Å². The molecule has 9 heteroatoms. The molecule has 0 radical (unpaired) electrons.